The van der Waals surface area contributed by atoms with Gasteiger partial charge in [-0.15, -0.1) is 0 Å². The lowest BCUT2D eigenvalue weighted by atomic mass is 9.96. The Labute approximate surface area is 117 Å². The van der Waals surface area contributed by atoms with Crippen molar-refractivity contribution in [2.45, 2.75) is 19.3 Å². The van der Waals surface area contributed by atoms with E-state index in [2.05, 4.69) is 10.6 Å². The summed E-state index contributed by atoms with van der Waals surface area (Å²) in [5.41, 5.74) is 1.13. The summed E-state index contributed by atoms with van der Waals surface area (Å²) >= 11 is 5.80. The molecule has 1 fully saturated rings. The second kappa shape index (κ2) is 6.57. The molecule has 2 amide bonds. The molecule has 0 aromatic heterocycles. The molecule has 1 aromatic carbocycles. The minimum absolute atomic E-state index is 0.0242. The first-order chi connectivity index (χ1) is 9.15. The van der Waals surface area contributed by atoms with Gasteiger partial charge in [-0.3, -0.25) is 9.59 Å². The van der Waals surface area contributed by atoms with Crippen molar-refractivity contribution in [1.29, 1.82) is 0 Å². The average molecular weight is 281 g/mol. The van der Waals surface area contributed by atoms with Crippen LogP contribution in [0, 0.1) is 5.92 Å². The Bertz CT molecular complexity index is 459. The molecule has 0 spiro atoms. The molecule has 0 saturated carbocycles. The van der Waals surface area contributed by atoms with Crippen LogP contribution in [0.4, 0.5) is 0 Å². The number of hydrogen-bond acceptors (Lipinski definition) is 2. The maximum Gasteiger partial charge on any atom is 0.223 e. The highest BCUT2D eigenvalue weighted by Gasteiger charge is 2.24. The Morgan fingerprint density at radius 2 is 2.11 bits per heavy atom. The van der Waals surface area contributed by atoms with Crippen LogP contribution in [-0.2, 0) is 16.0 Å². The van der Waals surface area contributed by atoms with Gasteiger partial charge in [0.25, 0.3) is 0 Å². The van der Waals surface area contributed by atoms with Gasteiger partial charge in [-0.05, 0) is 30.5 Å². The summed E-state index contributed by atoms with van der Waals surface area (Å²) in [6, 6.07) is 7.57. The maximum atomic E-state index is 11.9. The Morgan fingerprint density at radius 1 is 1.37 bits per heavy atom. The SMILES string of the molecule is O=C1CC(C(=O)NCCc2ccc(Cl)cc2)CCN1. The Morgan fingerprint density at radius 3 is 2.79 bits per heavy atom. The number of nitrogens with one attached hydrogen (secondary N) is 2. The summed E-state index contributed by atoms with van der Waals surface area (Å²) < 4.78 is 0. The van der Waals surface area contributed by atoms with Crippen molar-refractivity contribution in [2.24, 2.45) is 5.92 Å². The first-order valence-electron chi connectivity index (χ1n) is 6.44. The molecule has 2 rings (SSSR count). The third kappa shape index (κ3) is 4.24. The van der Waals surface area contributed by atoms with Gasteiger partial charge in [-0.2, -0.15) is 0 Å². The minimum Gasteiger partial charge on any atom is -0.356 e. The first-order valence-corrected chi connectivity index (χ1v) is 6.82. The van der Waals surface area contributed by atoms with E-state index in [1.165, 1.54) is 0 Å². The van der Waals surface area contributed by atoms with Crippen LogP contribution in [0.2, 0.25) is 5.02 Å². The van der Waals surface area contributed by atoms with Crippen LogP contribution in [0.25, 0.3) is 0 Å². The number of amides is 2. The van der Waals surface area contributed by atoms with Crippen molar-refractivity contribution in [2.75, 3.05) is 13.1 Å². The van der Waals surface area contributed by atoms with Gasteiger partial charge in [-0.25, -0.2) is 0 Å². The van der Waals surface area contributed by atoms with E-state index in [0.717, 1.165) is 18.4 Å². The molecule has 1 saturated heterocycles. The normalized spacial score (nSPS) is 18.8. The standard InChI is InChI=1S/C14H17ClN2O2/c15-12-3-1-10(2-4-12)5-7-17-14(19)11-6-8-16-13(18)9-11/h1-4,11H,5-9H2,(H,16,18)(H,17,19). The Balaban J connectivity index is 1.74. The number of benzene rings is 1. The molecule has 2 N–H and O–H groups in total. The van der Waals surface area contributed by atoms with Crippen molar-refractivity contribution in [1.82, 2.24) is 10.6 Å². The number of carbonyl (C=O) groups excluding carboxylic acids is 2. The fourth-order valence-corrected chi connectivity index (χ4v) is 2.26. The molecular weight excluding hydrogens is 264 g/mol. The third-order valence-corrected chi connectivity index (χ3v) is 3.50. The van der Waals surface area contributed by atoms with E-state index in [1.807, 2.05) is 24.3 Å². The first kappa shape index (κ1) is 13.9. The molecule has 5 heteroatoms. The van der Waals surface area contributed by atoms with Crippen LogP contribution >= 0.6 is 11.6 Å². The Hall–Kier alpha value is -1.55. The third-order valence-electron chi connectivity index (χ3n) is 3.24. The molecular formula is C14H17ClN2O2. The number of hydrogen-bond donors (Lipinski definition) is 2. The lowest BCUT2D eigenvalue weighted by Crippen LogP contribution is -2.41. The summed E-state index contributed by atoms with van der Waals surface area (Å²) in [7, 11) is 0. The van der Waals surface area contributed by atoms with E-state index in [1.54, 1.807) is 0 Å². The maximum absolute atomic E-state index is 11.9. The zero-order valence-electron chi connectivity index (χ0n) is 10.6. The monoisotopic (exact) mass is 280 g/mol. The fraction of sp³-hybridized carbons (Fsp3) is 0.429. The highest BCUT2D eigenvalue weighted by atomic mass is 35.5. The van der Waals surface area contributed by atoms with E-state index in [9.17, 15) is 9.59 Å². The summed E-state index contributed by atoms with van der Waals surface area (Å²) in [6.45, 7) is 1.17. The minimum atomic E-state index is -0.182. The van der Waals surface area contributed by atoms with E-state index in [-0.39, 0.29) is 17.7 Å². The molecule has 1 aromatic rings. The van der Waals surface area contributed by atoms with Crippen LogP contribution in [0.3, 0.4) is 0 Å². The predicted octanol–water partition coefficient (Wildman–Crippen LogP) is 1.52. The van der Waals surface area contributed by atoms with Gasteiger partial charge in [0.2, 0.25) is 11.8 Å². The molecule has 0 radical (unpaired) electrons. The van der Waals surface area contributed by atoms with Crippen LogP contribution in [0.15, 0.2) is 24.3 Å². The quantitative estimate of drug-likeness (QED) is 0.879. The van der Waals surface area contributed by atoms with E-state index < -0.39 is 0 Å². The molecule has 102 valence electrons. The molecule has 1 atom stereocenters. The molecule has 1 aliphatic rings. The van der Waals surface area contributed by atoms with Gasteiger partial charge in [0, 0.05) is 30.5 Å². The van der Waals surface area contributed by atoms with Gasteiger partial charge in [0.05, 0.1) is 0 Å². The summed E-state index contributed by atoms with van der Waals surface area (Å²) in [6.07, 6.45) is 1.78. The second-order valence-electron chi connectivity index (χ2n) is 4.71. The molecule has 1 unspecified atom stereocenters. The van der Waals surface area contributed by atoms with Crippen molar-refractivity contribution < 1.29 is 9.59 Å². The molecule has 1 heterocycles. The summed E-state index contributed by atoms with van der Waals surface area (Å²) in [5.74, 6) is -0.244. The highest BCUT2D eigenvalue weighted by Crippen LogP contribution is 2.13. The van der Waals surface area contributed by atoms with E-state index >= 15 is 0 Å². The smallest absolute Gasteiger partial charge is 0.223 e. The van der Waals surface area contributed by atoms with Crippen LogP contribution in [0.5, 0.6) is 0 Å². The number of piperidine rings is 1. The van der Waals surface area contributed by atoms with E-state index in [0.29, 0.717) is 24.5 Å². The van der Waals surface area contributed by atoms with Crippen LogP contribution in [0.1, 0.15) is 18.4 Å². The lowest BCUT2D eigenvalue weighted by Gasteiger charge is -2.21. The zero-order valence-corrected chi connectivity index (χ0v) is 11.4. The van der Waals surface area contributed by atoms with Crippen molar-refractivity contribution in [3.63, 3.8) is 0 Å². The van der Waals surface area contributed by atoms with Gasteiger partial charge < -0.3 is 10.6 Å². The lowest BCUT2D eigenvalue weighted by molar-refractivity contribution is -0.132. The average Bonchev–Trinajstić information content (AvgIpc) is 2.41. The molecule has 19 heavy (non-hydrogen) atoms. The highest BCUT2D eigenvalue weighted by molar-refractivity contribution is 6.30. The predicted molar refractivity (Wildman–Crippen MR) is 73.9 cm³/mol. The van der Waals surface area contributed by atoms with Crippen molar-refractivity contribution in [3.05, 3.63) is 34.9 Å². The molecule has 0 aliphatic carbocycles. The number of carbonyl (C=O) groups is 2. The van der Waals surface area contributed by atoms with Gasteiger partial charge in [0.15, 0.2) is 0 Å². The number of rotatable bonds is 4. The van der Waals surface area contributed by atoms with Gasteiger partial charge in [-0.1, -0.05) is 23.7 Å². The van der Waals surface area contributed by atoms with Gasteiger partial charge >= 0.3 is 0 Å². The van der Waals surface area contributed by atoms with Crippen LogP contribution in [-0.4, -0.2) is 24.9 Å². The summed E-state index contributed by atoms with van der Waals surface area (Å²) in [5, 5.41) is 6.32. The fourth-order valence-electron chi connectivity index (χ4n) is 2.13. The molecule has 0 bridgehead atoms. The zero-order chi connectivity index (χ0) is 13.7. The molecule has 4 nitrogen and oxygen atoms in total. The van der Waals surface area contributed by atoms with Crippen molar-refractivity contribution in [3.8, 4) is 0 Å². The number of halogens is 1. The van der Waals surface area contributed by atoms with Crippen molar-refractivity contribution >= 4 is 23.4 Å². The summed E-state index contributed by atoms with van der Waals surface area (Å²) in [4.78, 5) is 23.1. The largest absolute Gasteiger partial charge is 0.356 e. The molecule has 1 aliphatic heterocycles. The Kier molecular flexibility index (Phi) is 4.80. The van der Waals surface area contributed by atoms with E-state index in [4.69, 9.17) is 11.6 Å². The second-order valence-corrected chi connectivity index (χ2v) is 5.14. The van der Waals surface area contributed by atoms with Gasteiger partial charge in [0.1, 0.15) is 0 Å². The van der Waals surface area contributed by atoms with Crippen LogP contribution < -0.4 is 10.6 Å². The topological polar surface area (TPSA) is 58.2 Å².